The number of thiocarbonyl (C=S) groups is 1. The molecule has 2 aromatic carbocycles. The van der Waals surface area contributed by atoms with Gasteiger partial charge in [0.25, 0.3) is 0 Å². The smallest absolute Gasteiger partial charge is 0.186 e. The van der Waals surface area contributed by atoms with Gasteiger partial charge in [0, 0.05) is 12.1 Å². The molecule has 1 aliphatic rings. The third kappa shape index (κ3) is 4.39. The minimum absolute atomic E-state index is 0.580. The number of hydrogen-bond donors (Lipinski definition) is 2. The molecule has 0 unspecified atom stereocenters. The van der Waals surface area contributed by atoms with Gasteiger partial charge in [0.05, 0.1) is 5.71 Å². The minimum atomic E-state index is 0.580. The number of aryl methyl sites for hydroxylation is 1. The van der Waals surface area contributed by atoms with Gasteiger partial charge in [-0.15, -0.1) is 0 Å². The average Bonchev–Trinajstić information content (AvgIpc) is 2.61. The van der Waals surface area contributed by atoms with Gasteiger partial charge in [-0.2, -0.15) is 5.10 Å². The van der Waals surface area contributed by atoms with E-state index in [1.165, 1.54) is 16.7 Å². The van der Waals surface area contributed by atoms with Crippen LogP contribution in [-0.4, -0.2) is 17.4 Å². The maximum absolute atomic E-state index is 5.31. The second-order valence-electron chi connectivity index (χ2n) is 5.67. The maximum atomic E-state index is 5.31. The van der Waals surface area contributed by atoms with E-state index in [9.17, 15) is 0 Å². The van der Waals surface area contributed by atoms with Gasteiger partial charge in [0.2, 0.25) is 0 Å². The fraction of sp³-hybridized carbons (Fsp3) is 0.263. The van der Waals surface area contributed by atoms with Crippen molar-refractivity contribution in [2.75, 3.05) is 6.54 Å². The highest BCUT2D eigenvalue weighted by atomic mass is 32.1. The summed E-state index contributed by atoms with van der Waals surface area (Å²) < 4.78 is 0. The Labute approximate surface area is 142 Å². The standard InChI is InChI=1S/C19H21N3S/c23-19(20-14-13-15-7-2-1-3-8-15)22-21-18-12-6-10-16-9-4-5-11-17(16)18/h1-5,7-9,11H,6,10,12-14H2,(H2,20,22,23). The van der Waals surface area contributed by atoms with Crippen LogP contribution in [0.1, 0.15) is 29.5 Å². The Morgan fingerprint density at radius 1 is 1.00 bits per heavy atom. The Bertz CT molecular complexity index is 695. The van der Waals surface area contributed by atoms with Gasteiger partial charge >= 0.3 is 0 Å². The van der Waals surface area contributed by atoms with Crippen LogP contribution in [0.4, 0.5) is 0 Å². The lowest BCUT2D eigenvalue weighted by atomic mass is 9.90. The first-order chi connectivity index (χ1) is 11.3. The summed E-state index contributed by atoms with van der Waals surface area (Å²) in [6, 6.07) is 18.9. The zero-order valence-corrected chi connectivity index (χ0v) is 13.9. The molecule has 0 saturated heterocycles. The third-order valence-corrected chi connectivity index (χ3v) is 4.26. The SMILES string of the molecule is S=C(NCCc1ccccc1)NN=C1CCCc2ccccc21. The van der Waals surface area contributed by atoms with Crippen molar-refractivity contribution in [3.63, 3.8) is 0 Å². The Morgan fingerprint density at radius 3 is 2.65 bits per heavy atom. The van der Waals surface area contributed by atoms with Crippen molar-refractivity contribution < 1.29 is 0 Å². The molecule has 2 N–H and O–H groups in total. The largest absolute Gasteiger partial charge is 0.361 e. The Morgan fingerprint density at radius 2 is 1.78 bits per heavy atom. The van der Waals surface area contributed by atoms with E-state index in [1.807, 2.05) is 6.07 Å². The second kappa shape index (κ2) is 7.88. The van der Waals surface area contributed by atoms with E-state index in [2.05, 4.69) is 64.4 Å². The normalized spacial score (nSPS) is 15.0. The van der Waals surface area contributed by atoms with Gasteiger partial charge in [-0.3, -0.25) is 5.43 Å². The fourth-order valence-electron chi connectivity index (χ4n) is 2.84. The molecular weight excluding hydrogens is 302 g/mol. The quantitative estimate of drug-likeness (QED) is 0.668. The summed E-state index contributed by atoms with van der Waals surface area (Å²) in [7, 11) is 0. The zero-order chi connectivity index (χ0) is 15.9. The number of benzene rings is 2. The predicted octanol–water partition coefficient (Wildman–Crippen LogP) is 3.43. The van der Waals surface area contributed by atoms with Crippen molar-refractivity contribution in [2.24, 2.45) is 5.10 Å². The first-order valence-corrected chi connectivity index (χ1v) is 8.46. The van der Waals surface area contributed by atoms with Crippen LogP contribution >= 0.6 is 12.2 Å². The van der Waals surface area contributed by atoms with Crippen LogP contribution in [0, 0.1) is 0 Å². The van der Waals surface area contributed by atoms with Gasteiger partial charge in [-0.1, -0.05) is 54.6 Å². The number of hydrogen-bond acceptors (Lipinski definition) is 2. The second-order valence-corrected chi connectivity index (χ2v) is 6.08. The van der Waals surface area contributed by atoms with E-state index < -0.39 is 0 Å². The summed E-state index contributed by atoms with van der Waals surface area (Å²) in [4.78, 5) is 0. The van der Waals surface area contributed by atoms with E-state index in [4.69, 9.17) is 12.2 Å². The number of fused-ring (bicyclic) bond motifs is 1. The van der Waals surface area contributed by atoms with Crippen molar-refractivity contribution in [2.45, 2.75) is 25.7 Å². The fourth-order valence-corrected chi connectivity index (χ4v) is 2.99. The van der Waals surface area contributed by atoms with Crippen LogP contribution in [0.15, 0.2) is 59.7 Å². The first-order valence-electron chi connectivity index (χ1n) is 8.05. The highest BCUT2D eigenvalue weighted by Crippen LogP contribution is 2.20. The minimum Gasteiger partial charge on any atom is -0.361 e. The number of hydrazone groups is 1. The van der Waals surface area contributed by atoms with Crippen LogP contribution in [-0.2, 0) is 12.8 Å². The molecule has 0 fully saturated rings. The molecule has 0 saturated carbocycles. The van der Waals surface area contributed by atoms with Gasteiger partial charge in [-0.25, -0.2) is 0 Å². The van der Waals surface area contributed by atoms with E-state index >= 15 is 0 Å². The molecule has 0 aromatic heterocycles. The summed E-state index contributed by atoms with van der Waals surface area (Å²) in [5, 5.41) is 8.30. The van der Waals surface area contributed by atoms with Crippen LogP contribution in [0.5, 0.6) is 0 Å². The Kier molecular flexibility index (Phi) is 5.37. The van der Waals surface area contributed by atoms with Gasteiger partial charge in [0.1, 0.15) is 0 Å². The van der Waals surface area contributed by atoms with Crippen molar-refractivity contribution in [3.8, 4) is 0 Å². The summed E-state index contributed by atoms with van der Waals surface area (Å²) >= 11 is 5.31. The van der Waals surface area contributed by atoms with Crippen molar-refractivity contribution in [1.82, 2.24) is 10.7 Å². The summed E-state index contributed by atoms with van der Waals surface area (Å²) in [5.74, 6) is 0. The van der Waals surface area contributed by atoms with Crippen molar-refractivity contribution >= 4 is 23.0 Å². The molecule has 0 radical (unpaired) electrons. The summed E-state index contributed by atoms with van der Waals surface area (Å²) in [6.07, 6.45) is 4.22. The molecule has 118 valence electrons. The molecule has 0 amide bonds. The predicted molar refractivity (Wildman–Crippen MR) is 99.8 cm³/mol. The van der Waals surface area contributed by atoms with Crippen LogP contribution in [0.2, 0.25) is 0 Å². The maximum Gasteiger partial charge on any atom is 0.186 e. The van der Waals surface area contributed by atoms with Gasteiger partial charge < -0.3 is 5.32 Å². The molecule has 1 aliphatic carbocycles. The summed E-state index contributed by atoms with van der Waals surface area (Å²) in [6.45, 7) is 0.803. The molecule has 0 heterocycles. The van der Waals surface area contributed by atoms with Crippen molar-refractivity contribution in [3.05, 3.63) is 71.3 Å². The van der Waals surface area contributed by atoms with E-state index in [0.717, 1.165) is 37.9 Å². The molecule has 3 nitrogen and oxygen atoms in total. The lowest BCUT2D eigenvalue weighted by Crippen LogP contribution is -2.34. The van der Waals surface area contributed by atoms with Crippen molar-refractivity contribution in [1.29, 1.82) is 0 Å². The molecule has 0 bridgehead atoms. The van der Waals surface area contributed by atoms with E-state index in [-0.39, 0.29) is 0 Å². The number of nitrogens with one attached hydrogen (secondary N) is 2. The molecule has 4 heteroatoms. The Balaban J connectivity index is 1.51. The van der Waals surface area contributed by atoms with E-state index in [0.29, 0.717) is 5.11 Å². The van der Waals surface area contributed by atoms with Gasteiger partial charge in [0.15, 0.2) is 5.11 Å². The molecular formula is C19H21N3S. The van der Waals surface area contributed by atoms with Crippen LogP contribution < -0.4 is 10.7 Å². The lowest BCUT2D eigenvalue weighted by Gasteiger charge is -2.17. The average molecular weight is 323 g/mol. The topological polar surface area (TPSA) is 36.4 Å². The highest BCUT2D eigenvalue weighted by molar-refractivity contribution is 7.80. The zero-order valence-electron chi connectivity index (χ0n) is 13.1. The number of rotatable bonds is 4. The van der Waals surface area contributed by atoms with Crippen LogP contribution in [0.3, 0.4) is 0 Å². The van der Waals surface area contributed by atoms with E-state index in [1.54, 1.807) is 0 Å². The molecule has 0 spiro atoms. The van der Waals surface area contributed by atoms with Gasteiger partial charge in [-0.05, 0) is 49.0 Å². The summed E-state index contributed by atoms with van der Waals surface area (Å²) in [5.41, 5.74) is 8.01. The Hall–Kier alpha value is -2.20. The monoisotopic (exact) mass is 323 g/mol. The molecule has 3 rings (SSSR count). The lowest BCUT2D eigenvalue weighted by molar-refractivity contribution is 0.812. The first kappa shape index (κ1) is 15.7. The third-order valence-electron chi connectivity index (χ3n) is 4.02. The highest BCUT2D eigenvalue weighted by Gasteiger charge is 2.14. The molecule has 2 aromatic rings. The molecule has 0 atom stereocenters. The molecule has 23 heavy (non-hydrogen) atoms. The van der Waals surface area contributed by atoms with Crippen LogP contribution in [0.25, 0.3) is 0 Å². The molecule has 0 aliphatic heterocycles. The number of nitrogens with zero attached hydrogens (tertiary/aromatic N) is 1.